The second-order valence-electron chi connectivity index (χ2n) is 7.21. The fourth-order valence-electron chi connectivity index (χ4n) is 3.93. The molecular weight excluding hydrogens is 295 g/mol. The minimum Gasteiger partial charge on any atom is -0.207 e. The van der Waals surface area contributed by atoms with Crippen LogP contribution in [0.5, 0.6) is 0 Å². The minimum absolute atomic E-state index is 0.0148. The summed E-state index contributed by atoms with van der Waals surface area (Å²) in [4.78, 5) is 0. The van der Waals surface area contributed by atoms with Crippen molar-refractivity contribution in [2.75, 3.05) is 0 Å². The maximum absolute atomic E-state index is 14.4. The predicted molar refractivity (Wildman–Crippen MR) is 100 cm³/mol. The first-order valence-electron chi connectivity index (χ1n) is 9.60. The Morgan fingerprint density at radius 3 is 2.54 bits per heavy atom. The SMILES string of the molecule is CCCCCc1ccc2c(c1)CCC(c1ccc(CC)cc1F)C2. The van der Waals surface area contributed by atoms with Gasteiger partial charge in [0, 0.05) is 0 Å². The van der Waals surface area contributed by atoms with Crippen LogP contribution in [0.4, 0.5) is 4.39 Å². The summed E-state index contributed by atoms with van der Waals surface area (Å²) in [5.41, 5.74) is 6.38. The Kier molecular flexibility index (Phi) is 5.71. The van der Waals surface area contributed by atoms with Crippen molar-refractivity contribution >= 4 is 0 Å². The summed E-state index contributed by atoms with van der Waals surface area (Å²) < 4.78 is 14.4. The van der Waals surface area contributed by atoms with Gasteiger partial charge in [-0.2, -0.15) is 0 Å². The summed E-state index contributed by atoms with van der Waals surface area (Å²) in [7, 11) is 0. The summed E-state index contributed by atoms with van der Waals surface area (Å²) in [6.45, 7) is 4.32. The number of hydrogen-bond donors (Lipinski definition) is 0. The van der Waals surface area contributed by atoms with Crippen LogP contribution in [0.2, 0.25) is 0 Å². The fourth-order valence-corrected chi connectivity index (χ4v) is 3.93. The van der Waals surface area contributed by atoms with E-state index in [1.807, 2.05) is 6.07 Å². The largest absolute Gasteiger partial charge is 0.207 e. The van der Waals surface area contributed by atoms with Crippen molar-refractivity contribution < 1.29 is 4.39 Å². The van der Waals surface area contributed by atoms with Crippen LogP contribution >= 0.6 is 0 Å². The Labute approximate surface area is 146 Å². The van der Waals surface area contributed by atoms with Crippen LogP contribution < -0.4 is 0 Å². The molecule has 0 radical (unpaired) electrons. The lowest BCUT2D eigenvalue weighted by Crippen LogP contribution is -2.14. The molecule has 1 aliphatic rings. The Hall–Kier alpha value is -1.63. The van der Waals surface area contributed by atoms with Gasteiger partial charge in [0.2, 0.25) is 0 Å². The van der Waals surface area contributed by atoms with Crippen LogP contribution in [-0.4, -0.2) is 0 Å². The molecule has 0 saturated carbocycles. The third-order valence-electron chi connectivity index (χ3n) is 5.48. The van der Waals surface area contributed by atoms with Crippen molar-refractivity contribution in [1.82, 2.24) is 0 Å². The van der Waals surface area contributed by atoms with Gasteiger partial charge in [0.25, 0.3) is 0 Å². The van der Waals surface area contributed by atoms with Crippen molar-refractivity contribution in [2.45, 2.75) is 71.1 Å². The Morgan fingerprint density at radius 2 is 1.79 bits per heavy atom. The molecule has 1 heteroatoms. The van der Waals surface area contributed by atoms with Crippen LogP contribution in [0.15, 0.2) is 36.4 Å². The first-order chi connectivity index (χ1) is 11.7. The number of rotatable bonds is 6. The summed E-state index contributed by atoms with van der Waals surface area (Å²) >= 11 is 0. The van der Waals surface area contributed by atoms with Gasteiger partial charge in [-0.25, -0.2) is 4.39 Å². The highest BCUT2D eigenvalue weighted by atomic mass is 19.1. The van der Waals surface area contributed by atoms with Gasteiger partial charge in [0.15, 0.2) is 0 Å². The van der Waals surface area contributed by atoms with E-state index in [1.165, 1.54) is 42.4 Å². The predicted octanol–water partition coefficient (Wildman–Crippen LogP) is 6.39. The van der Waals surface area contributed by atoms with Gasteiger partial charge in [-0.3, -0.25) is 0 Å². The van der Waals surface area contributed by atoms with Crippen molar-refractivity contribution in [3.63, 3.8) is 0 Å². The van der Waals surface area contributed by atoms with Crippen molar-refractivity contribution in [3.05, 3.63) is 70.0 Å². The summed E-state index contributed by atoms with van der Waals surface area (Å²) in [6.07, 6.45) is 9.08. The van der Waals surface area contributed by atoms with E-state index in [-0.39, 0.29) is 5.82 Å². The summed E-state index contributed by atoms with van der Waals surface area (Å²) in [5, 5.41) is 0. The van der Waals surface area contributed by atoms with Gasteiger partial charge < -0.3 is 0 Å². The molecule has 3 rings (SSSR count). The molecular formula is C23H29F. The normalized spacial score (nSPS) is 16.9. The molecule has 0 aromatic heterocycles. The lowest BCUT2D eigenvalue weighted by molar-refractivity contribution is 0.532. The Morgan fingerprint density at radius 1 is 0.958 bits per heavy atom. The van der Waals surface area contributed by atoms with Gasteiger partial charge in [-0.1, -0.05) is 57.0 Å². The molecule has 0 aliphatic heterocycles. The van der Waals surface area contributed by atoms with E-state index >= 15 is 0 Å². The van der Waals surface area contributed by atoms with Crippen LogP contribution in [0, 0.1) is 5.82 Å². The highest BCUT2D eigenvalue weighted by Crippen LogP contribution is 2.34. The monoisotopic (exact) mass is 324 g/mol. The number of hydrogen-bond acceptors (Lipinski definition) is 0. The third-order valence-corrected chi connectivity index (χ3v) is 5.48. The van der Waals surface area contributed by atoms with Crippen molar-refractivity contribution in [2.24, 2.45) is 0 Å². The topological polar surface area (TPSA) is 0 Å². The second-order valence-corrected chi connectivity index (χ2v) is 7.21. The standard InChI is InChI=1S/C23H29F/c1-3-5-6-7-18-8-10-20-16-21(12-11-19(20)14-18)22-13-9-17(4-2)15-23(22)24/h8-10,13-15,21H,3-7,11-12,16H2,1-2H3. The quantitative estimate of drug-likeness (QED) is 0.540. The van der Waals surface area contributed by atoms with E-state index < -0.39 is 0 Å². The number of benzene rings is 2. The zero-order valence-electron chi connectivity index (χ0n) is 15.1. The smallest absolute Gasteiger partial charge is 0.126 e. The maximum Gasteiger partial charge on any atom is 0.126 e. The lowest BCUT2D eigenvalue weighted by atomic mass is 9.79. The molecule has 0 nitrogen and oxygen atoms in total. The van der Waals surface area contributed by atoms with E-state index in [9.17, 15) is 4.39 Å². The maximum atomic E-state index is 14.4. The highest BCUT2D eigenvalue weighted by Gasteiger charge is 2.22. The zero-order valence-corrected chi connectivity index (χ0v) is 15.1. The average molecular weight is 324 g/mol. The van der Waals surface area contributed by atoms with E-state index in [0.29, 0.717) is 5.92 Å². The number of aryl methyl sites for hydroxylation is 3. The first-order valence-corrected chi connectivity index (χ1v) is 9.60. The molecule has 2 aromatic rings. The summed E-state index contributed by atoms with van der Waals surface area (Å²) in [5.74, 6) is 0.313. The van der Waals surface area contributed by atoms with Crippen LogP contribution in [0.1, 0.15) is 73.3 Å². The first kappa shape index (κ1) is 17.2. The molecule has 0 spiro atoms. The molecule has 0 N–H and O–H groups in total. The van der Waals surface area contributed by atoms with E-state index in [1.54, 1.807) is 6.07 Å². The lowest BCUT2D eigenvalue weighted by Gasteiger charge is -2.26. The van der Waals surface area contributed by atoms with Crippen molar-refractivity contribution in [1.29, 1.82) is 0 Å². The van der Waals surface area contributed by atoms with Crippen LogP contribution in [0.3, 0.4) is 0 Å². The molecule has 1 aliphatic carbocycles. The Bertz CT molecular complexity index is 686. The Balaban J connectivity index is 1.73. The van der Waals surface area contributed by atoms with Crippen LogP contribution in [0.25, 0.3) is 0 Å². The zero-order chi connectivity index (χ0) is 16.9. The van der Waals surface area contributed by atoms with Gasteiger partial charge in [-0.05, 0) is 78.3 Å². The molecule has 1 unspecified atom stereocenters. The molecule has 0 saturated heterocycles. The number of unbranched alkanes of at least 4 members (excludes halogenated alkanes) is 2. The molecule has 0 amide bonds. The molecule has 24 heavy (non-hydrogen) atoms. The minimum atomic E-state index is -0.0148. The molecule has 1 atom stereocenters. The van der Waals surface area contributed by atoms with E-state index in [2.05, 4.69) is 38.1 Å². The number of fused-ring (bicyclic) bond motifs is 1. The second kappa shape index (κ2) is 7.96. The number of halogens is 1. The van der Waals surface area contributed by atoms with Gasteiger partial charge in [0.1, 0.15) is 5.82 Å². The molecule has 0 bridgehead atoms. The average Bonchev–Trinajstić information content (AvgIpc) is 2.61. The fraction of sp³-hybridized carbons (Fsp3) is 0.478. The van der Waals surface area contributed by atoms with Crippen molar-refractivity contribution in [3.8, 4) is 0 Å². The molecule has 0 heterocycles. The van der Waals surface area contributed by atoms with Gasteiger partial charge in [-0.15, -0.1) is 0 Å². The van der Waals surface area contributed by atoms with Gasteiger partial charge >= 0.3 is 0 Å². The summed E-state index contributed by atoms with van der Waals surface area (Å²) in [6, 6.07) is 12.8. The molecule has 0 fully saturated rings. The highest BCUT2D eigenvalue weighted by molar-refractivity contribution is 5.38. The molecule has 128 valence electrons. The molecule has 2 aromatic carbocycles. The van der Waals surface area contributed by atoms with E-state index in [0.717, 1.165) is 36.8 Å². The van der Waals surface area contributed by atoms with Crippen LogP contribution in [-0.2, 0) is 25.7 Å². The van der Waals surface area contributed by atoms with E-state index in [4.69, 9.17) is 0 Å². The third kappa shape index (κ3) is 3.88. The van der Waals surface area contributed by atoms with Gasteiger partial charge in [0.05, 0.1) is 0 Å².